The zero-order valence-electron chi connectivity index (χ0n) is 8.16. The molecular formula is C10H16N4. The largest absolute Gasteiger partial charge is 0.397 e. The molecule has 2 rings (SSSR count). The topological polar surface area (TPSA) is 67.3 Å². The SMILES string of the molecule is Nc1ccc(N2CCCCN2)cc1N. The maximum atomic E-state index is 5.75. The van der Waals surface area contributed by atoms with Gasteiger partial charge in [-0.15, -0.1) is 0 Å². The second-order valence-electron chi connectivity index (χ2n) is 3.58. The van der Waals surface area contributed by atoms with Crippen LogP contribution >= 0.6 is 0 Å². The van der Waals surface area contributed by atoms with Crippen LogP contribution in [-0.4, -0.2) is 13.1 Å². The zero-order valence-corrected chi connectivity index (χ0v) is 8.16. The van der Waals surface area contributed by atoms with Crippen molar-refractivity contribution in [3.05, 3.63) is 18.2 Å². The van der Waals surface area contributed by atoms with E-state index < -0.39 is 0 Å². The van der Waals surface area contributed by atoms with E-state index in [0.29, 0.717) is 11.4 Å². The molecule has 0 bridgehead atoms. The summed E-state index contributed by atoms with van der Waals surface area (Å²) >= 11 is 0. The molecule has 4 nitrogen and oxygen atoms in total. The van der Waals surface area contributed by atoms with Crippen molar-refractivity contribution in [2.45, 2.75) is 12.8 Å². The quantitative estimate of drug-likeness (QED) is 0.580. The van der Waals surface area contributed by atoms with Gasteiger partial charge in [-0.05, 0) is 31.0 Å². The van der Waals surface area contributed by atoms with Crippen molar-refractivity contribution in [3.63, 3.8) is 0 Å². The summed E-state index contributed by atoms with van der Waals surface area (Å²) in [6, 6.07) is 5.75. The van der Waals surface area contributed by atoms with E-state index >= 15 is 0 Å². The first-order chi connectivity index (χ1) is 6.77. The van der Waals surface area contributed by atoms with Gasteiger partial charge in [-0.3, -0.25) is 0 Å². The lowest BCUT2D eigenvalue weighted by Crippen LogP contribution is -2.43. The number of benzene rings is 1. The summed E-state index contributed by atoms with van der Waals surface area (Å²) in [5.74, 6) is 0. The summed E-state index contributed by atoms with van der Waals surface area (Å²) in [6.07, 6.45) is 2.46. The maximum absolute atomic E-state index is 5.75. The van der Waals surface area contributed by atoms with E-state index in [-0.39, 0.29) is 0 Å². The predicted octanol–water partition coefficient (Wildman–Crippen LogP) is 0.956. The van der Waals surface area contributed by atoms with Gasteiger partial charge in [0.25, 0.3) is 0 Å². The molecule has 14 heavy (non-hydrogen) atoms. The van der Waals surface area contributed by atoms with Crippen molar-refractivity contribution in [1.82, 2.24) is 5.43 Å². The number of anilines is 3. The smallest absolute Gasteiger partial charge is 0.0569 e. The number of nitrogens with two attached hydrogens (primary N) is 2. The summed E-state index contributed by atoms with van der Waals surface area (Å²) in [5, 5.41) is 2.12. The van der Waals surface area contributed by atoms with E-state index in [9.17, 15) is 0 Å². The zero-order chi connectivity index (χ0) is 9.97. The van der Waals surface area contributed by atoms with E-state index in [1.807, 2.05) is 18.2 Å². The summed E-state index contributed by atoms with van der Waals surface area (Å²) in [7, 11) is 0. The van der Waals surface area contributed by atoms with Crippen LogP contribution in [0.3, 0.4) is 0 Å². The molecule has 4 heteroatoms. The molecule has 0 unspecified atom stereocenters. The second kappa shape index (κ2) is 3.75. The molecule has 0 spiro atoms. The van der Waals surface area contributed by atoms with E-state index in [4.69, 9.17) is 11.5 Å². The van der Waals surface area contributed by atoms with Crippen LogP contribution < -0.4 is 21.9 Å². The highest BCUT2D eigenvalue weighted by Gasteiger charge is 2.10. The van der Waals surface area contributed by atoms with Gasteiger partial charge in [0.05, 0.1) is 17.1 Å². The van der Waals surface area contributed by atoms with Gasteiger partial charge in [0, 0.05) is 13.1 Å². The van der Waals surface area contributed by atoms with Crippen LogP contribution in [0.5, 0.6) is 0 Å². The Hall–Kier alpha value is -1.42. The molecule has 1 aliphatic rings. The number of hydrogen-bond acceptors (Lipinski definition) is 4. The number of hydrazine groups is 1. The highest BCUT2D eigenvalue weighted by Crippen LogP contribution is 2.23. The van der Waals surface area contributed by atoms with Crippen LogP contribution in [0, 0.1) is 0 Å². The maximum Gasteiger partial charge on any atom is 0.0569 e. The minimum absolute atomic E-state index is 0.644. The van der Waals surface area contributed by atoms with Gasteiger partial charge in [0.15, 0.2) is 0 Å². The lowest BCUT2D eigenvalue weighted by atomic mass is 10.2. The van der Waals surface area contributed by atoms with Crippen molar-refractivity contribution < 1.29 is 0 Å². The lowest BCUT2D eigenvalue weighted by molar-refractivity contribution is 0.512. The van der Waals surface area contributed by atoms with Gasteiger partial charge in [-0.1, -0.05) is 0 Å². The van der Waals surface area contributed by atoms with Crippen LogP contribution in [-0.2, 0) is 0 Å². The minimum atomic E-state index is 0.644. The Morgan fingerprint density at radius 1 is 1.14 bits per heavy atom. The molecule has 1 heterocycles. The molecule has 5 N–H and O–H groups in total. The Bertz CT molecular complexity index is 318. The third-order valence-electron chi connectivity index (χ3n) is 2.49. The molecule has 1 aromatic rings. The van der Waals surface area contributed by atoms with Crippen LogP contribution in [0.25, 0.3) is 0 Å². The van der Waals surface area contributed by atoms with Crippen molar-refractivity contribution in [1.29, 1.82) is 0 Å². The second-order valence-corrected chi connectivity index (χ2v) is 3.58. The Kier molecular flexibility index (Phi) is 2.45. The van der Waals surface area contributed by atoms with E-state index in [1.165, 1.54) is 12.8 Å². The fourth-order valence-electron chi connectivity index (χ4n) is 1.64. The van der Waals surface area contributed by atoms with E-state index in [1.54, 1.807) is 0 Å². The number of hydrogen-bond donors (Lipinski definition) is 3. The van der Waals surface area contributed by atoms with Gasteiger partial charge in [-0.25, -0.2) is 5.43 Å². The van der Waals surface area contributed by atoms with Crippen LogP contribution in [0.15, 0.2) is 18.2 Å². The number of rotatable bonds is 1. The Morgan fingerprint density at radius 2 is 2.00 bits per heavy atom. The predicted molar refractivity (Wildman–Crippen MR) is 59.8 cm³/mol. The first-order valence-corrected chi connectivity index (χ1v) is 4.93. The molecular weight excluding hydrogens is 176 g/mol. The Morgan fingerprint density at radius 3 is 2.64 bits per heavy atom. The van der Waals surface area contributed by atoms with Crippen molar-refractivity contribution in [2.75, 3.05) is 29.6 Å². The monoisotopic (exact) mass is 192 g/mol. The van der Waals surface area contributed by atoms with Gasteiger partial charge < -0.3 is 16.5 Å². The van der Waals surface area contributed by atoms with E-state index in [2.05, 4.69) is 10.4 Å². The summed E-state index contributed by atoms with van der Waals surface area (Å²) < 4.78 is 0. The molecule has 0 aromatic heterocycles. The molecule has 1 aliphatic heterocycles. The van der Waals surface area contributed by atoms with E-state index in [0.717, 1.165) is 18.8 Å². The van der Waals surface area contributed by atoms with Gasteiger partial charge in [-0.2, -0.15) is 0 Å². The standard InChI is InChI=1S/C10H16N4/c11-9-4-3-8(7-10(9)12)14-6-2-1-5-13-14/h3-4,7,13H,1-2,5-6,11-12H2. The summed E-state index contributed by atoms with van der Waals surface area (Å²) in [4.78, 5) is 0. The average Bonchev–Trinajstić information content (AvgIpc) is 2.23. The van der Waals surface area contributed by atoms with Crippen LogP contribution in [0.4, 0.5) is 17.1 Å². The van der Waals surface area contributed by atoms with Crippen molar-refractivity contribution >= 4 is 17.1 Å². The van der Waals surface area contributed by atoms with Crippen LogP contribution in [0.2, 0.25) is 0 Å². The summed E-state index contributed by atoms with van der Waals surface area (Å²) in [6.45, 7) is 2.06. The molecule has 1 aromatic carbocycles. The number of nitrogens with one attached hydrogen (secondary N) is 1. The fraction of sp³-hybridized carbons (Fsp3) is 0.400. The normalized spacial score (nSPS) is 17.0. The van der Waals surface area contributed by atoms with Crippen molar-refractivity contribution in [2.24, 2.45) is 0 Å². The lowest BCUT2D eigenvalue weighted by Gasteiger charge is -2.29. The highest BCUT2D eigenvalue weighted by molar-refractivity contribution is 5.69. The van der Waals surface area contributed by atoms with Gasteiger partial charge in [0.1, 0.15) is 0 Å². The average molecular weight is 192 g/mol. The fourth-order valence-corrected chi connectivity index (χ4v) is 1.64. The highest BCUT2D eigenvalue weighted by atomic mass is 15.5. The van der Waals surface area contributed by atoms with Crippen LogP contribution in [0.1, 0.15) is 12.8 Å². The molecule has 0 aliphatic carbocycles. The third-order valence-corrected chi connectivity index (χ3v) is 2.49. The molecule has 0 amide bonds. The minimum Gasteiger partial charge on any atom is -0.397 e. The Balaban J connectivity index is 2.18. The van der Waals surface area contributed by atoms with Gasteiger partial charge >= 0.3 is 0 Å². The van der Waals surface area contributed by atoms with Gasteiger partial charge in [0.2, 0.25) is 0 Å². The number of nitrogen functional groups attached to an aromatic ring is 2. The Labute approximate surface area is 83.8 Å². The number of nitrogens with zero attached hydrogens (tertiary/aromatic N) is 1. The molecule has 76 valence electrons. The van der Waals surface area contributed by atoms with Crippen molar-refractivity contribution in [3.8, 4) is 0 Å². The first-order valence-electron chi connectivity index (χ1n) is 4.93. The molecule has 0 saturated carbocycles. The summed E-state index contributed by atoms with van der Waals surface area (Å²) in [5.41, 5.74) is 17.1. The first kappa shape index (κ1) is 9.15. The molecule has 1 saturated heterocycles. The molecule has 1 fully saturated rings. The molecule has 0 radical (unpaired) electrons. The third kappa shape index (κ3) is 1.75. The molecule has 0 atom stereocenters.